The number of Topliss-reactive ketones (excluding diaryl/α,β-unsaturated/α-hetero) is 1. The van der Waals surface area contributed by atoms with Crippen molar-refractivity contribution in [2.45, 2.75) is 39.2 Å². The first-order chi connectivity index (χ1) is 5.89. The molecule has 2 nitrogen and oxygen atoms in total. The highest BCUT2D eigenvalue weighted by Gasteiger charge is 2.42. The van der Waals surface area contributed by atoms with Crippen LogP contribution in [-0.2, 0) is 4.79 Å². The van der Waals surface area contributed by atoms with E-state index in [4.69, 9.17) is 0 Å². The molecule has 0 aromatic heterocycles. The lowest BCUT2D eigenvalue weighted by Crippen LogP contribution is -2.45. The minimum absolute atomic E-state index is 0. The smallest absolute Gasteiger partial charge is 0.178 e. The number of halogens is 1. The minimum Gasteiger partial charge on any atom is -0.297 e. The van der Waals surface area contributed by atoms with Crippen LogP contribution in [0.3, 0.4) is 0 Å². The number of ketones is 1. The minimum atomic E-state index is -0.257. The molecular weight excluding hydrogens is 198 g/mol. The Kier molecular flexibility index (Phi) is 4.34. The first-order valence-electron chi connectivity index (χ1n) is 4.78. The zero-order valence-electron chi connectivity index (χ0n) is 9.68. The molecule has 1 aliphatic rings. The Morgan fingerprint density at radius 2 is 1.86 bits per heavy atom. The van der Waals surface area contributed by atoms with Crippen LogP contribution < -0.4 is 0 Å². The quantitative estimate of drug-likeness (QED) is 0.629. The number of hydrogen-bond donors (Lipinski definition) is 0. The third-order valence-corrected chi connectivity index (χ3v) is 3.22. The molecule has 0 N–H and O–H groups in total. The van der Waals surface area contributed by atoms with Crippen LogP contribution in [0, 0.1) is 0 Å². The van der Waals surface area contributed by atoms with Crippen LogP contribution in [0.4, 0.5) is 0 Å². The summed E-state index contributed by atoms with van der Waals surface area (Å²) in [6.45, 7) is 6.08. The molecule has 0 amide bonds. The van der Waals surface area contributed by atoms with E-state index in [1.54, 1.807) is 0 Å². The van der Waals surface area contributed by atoms with Gasteiger partial charge in [0.05, 0.1) is 5.54 Å². The lowest BCUT2D eigenvalue weighted by atomic mass is 9.96. The monoisotopic (exact) mass is 217 g/mol. The Bertz CT molecular complexity index is 266. The fourth-order valence-electron chi connectivity index (χ4n) is 1.82. The number of nitrogens with zero attached hydrogens (tertiary/aromatic N) is 1. The first-order valence-corrected chi connectivity index (χ1v) is 4.78. The van der Waals surface area contributed by atoms with Gasteiger partial charge in [0.2, 0.25) is 0 Å². The Labute approximate surface area is 92.8 Å². The number of allylic oxidation sites excluding steroid dienone is 1. The molecule has 1 atom stereocenters. The van der Waals surface area contributed by atoms with E-state index in [2.05, 4.69) is 0 Å². The van der Waals surface area contributed by atoms with Gasteiger partial charge in [-0.3, -0.25) is 9.69 Å². The topological polar surface area (TPSA) is 20.3 Å². The van der Waals surface area contributed by atoms with Crippen LogP contribution in [-0.4, -0.2) is 30.3 Å². The zero-order chi connectivity index (χ0) is 10.2. The summed E-state index contributed by atoms with van der Waals surface area (Å²) in [6, 6.07) is 0. The van der Waals surface area contributed by atoms with Crippen molar-refractivity contribution in [3.05, 3.63) is 11.1 Å². The van der Waals surface area contributed by atoms with Crippen molar-refractivity contribution in [2.24, 2.45) is 0 Å². The molecule has 1 saturated carbocycles. The molecule has 1 fully saturated rings. The van der Waals surface area contributed by atoms with Crippen molar-refractivity contribution in [3.8, 4) is 0 Å². The summed E-state index contributed by atoms with van der Waals surface area (Å²) >= 11 is 0. The molecule has 0 aliphatic heterocycles. The second kappa shape index (κ2) is 4.45. The van der Waals surface area contributed by atoms with Gasteiger partial charge in [0.1, 0.15) is 0 Å². The normalized spacial score (nSPS) is 26.7. The van der Waals surface area contributed by atoms with E-state index in [1.165, 1.54) is 5.57 Å². The van der Waals surface area contributed by atoms with Gasteiger partial charge in [-0.2, -0.15) is 0 Å². The lowest BCUT2D eigenvalue weighted by Gasteiger charge is -2.29. The summed E-state index contributed by atoms with van der Waals surface area (Å²) in [5, 5.41) is 0. The Morgan fingerprint density at radius 1 is 1.36 bits per heavy atom. The maximum atomic E-state index is 12.0. The molecule has 3 heteroatoms. The molecule has 0 radical (unpaired) electrons. The van der Waals surface area contributed by atoms with E-state index in [0.717, 1.165) is 18.4 Å². The maximum absolute atomic E-state index is 12.0. The van der Waals surface area contributed by atoms with Crippen LogP contribution in [0.15, 0.2) is 11.1 Å². The molecule has 0 spiro atoms. The van der Waals surface area contributed by atoms with Gasteiger partial charge >= 0.3 is 0 Å². The fraction of sp³-hybridized carbons (Fsp3) is 0.727. The molecule has 1 unspecified atom stereocenters. The summed E-state index contributed by atoms with van der Waals surface area (Å²) in [7, 11) is 3.96. The van der Waals surface area contributed by atoms with Crippen LogP contribution in [0.1, 0.15) is 33.6 Å². The number of rotatable bonds is 1. The summed E-state index contributed by atoms with van der Waals surface area (Å²) in [4.78, 5) is 14.0. The van der Waals surface area contributed by atoms with Gasteiger partial charge in [-0.15, -0.1) is 12.4 Å². The largest absolute Gasteiger partial charge is 0.297 e. The average molecular weight is 218 g/mol. The van der Waals surface area contributed by atoms with Crippen molar-refractivity contribution in [1.29, 1.82) is 0 Å². The van der Waals surface area contributed by atoms with E-state index in [0.29, 0.717) is 5.78 Å². The van der Waals surface area contributed by atoms with Crippen molar-refractivity contribution >= 4 is 18.2 Å². The highest BCUT2D eigenvalue weighted by atomic mass is 35.5. The molecular formula is C11H20ClNO. The molecule has 1 rings (SSSR count). The average Bonchev–Trinajstić information content (AvgIpc) is 2.30. The molecule has 82 valence electrons. The Morgan fingerprint density at radius 3 is 2.07 bits per heavy atom. The predicted octanol–water partition coefficient (Wildman–Crippen LogP) is 2.43. The highest BCUT2D eigenvalue weighted by molar-refractivity contribution is 6.05. The SMILES string of the molecule is CC(C)=C1CCC(C)(N(C)C)C1=O.Cl. The van der Waals surface area contributed by atoms with Gasteiger partial charge < -0.3 is 0 Å². The maximum Gasteiger partial charge on any atom is 0.178 e. The summed E-state index contributed by atoms with van der Waals surface area (Å²) in [5.41, 5.74) is 1.96. The second-order valence-electron chi connectivity index (χ2n) is 4.48. The standard InChI is InChI=1S/C11H19NO.ClH/c1-8(2)9-6-7-11(3,10(9)13)12(4)5;/h6-7H2,1-5H3;1H. The molecule has 0 saturated heterocycles. The Hall–Kier alpha value is -0.340. The van der Waals surface area contributed by atoms with Crippen molar-refractivity contribution in [1.82, 2.24) is 4.90 Å². The van der Waals surface area contributed by atoms with Gasteiger partial charge in [0, 0.05) is 0 Å². The lowest BCUT2D eigenvalue weighted by molar-refractivity contribution is -0.123. The van der Waals surface area contributed by atoms with E-state index < -0.39 is 0 Å². The Balaban J connectivity index is 0.00000169. The second-order valence-corrected chi connectivity index (χ2v) is 4.48. The zero-order valence-corrected chi connectivity index (χ0v) is 10.5. The third kappa shape index (κ3) is 2.01. The molecule has 14 heavy (non-hydrogen) atoms. The van der Waals surface area contributed by atoms with Crippen LogP contribution in [0.25, 0.3) is 0 Å². The number of carbonyl (C=O) groups is 1. The van der Waals surface area contributed by atoms with Gasteiger partial charge in [0.25, 0.3) is 0 Å². The number of likely N-dealkylation sites (N-methyl/N-ethyl adjacent to an activating group) is 1. The van der Waals surface area contributed by atoms with Crippen LogP contribution >= 0.6 is 12.4 Å². The summed E-state index contributed by atoms with van der Waals surface area (Å²) in [6.07, 6.45) is 1.90. The van der Waals surface area contributed by atoms with Gasteiger partial charge in [-0.1, -0.05) is 5.57 Å². The van der Waals surface area contributed by atoms with E-state index in [1.807, 2.05) is 39.8 Å². The van der Waals surface area contributed by atoms with E-state index in [-0.39, 0.29) is 17.9 Å². The molecule has 1 aliphatic carbocycles. The number of carbonyl (C=O) groups excluding carboxylic acids is 1. The first kappa shape index (κ1) is 13.7. The molecule has 0 bridgehead atoms. The predicted molar refractivity (Wildman–Crippen MR) is 62.0 cm³/mol. The summed E-state index contributed by atoms with van der Waals surface area (Å²) < 4.78 is 0. The summed E-state index contributed by atoms with van der Waals surface area (Å²) in [5.74, 6) is 0.317. The molecule has 0 heterocycles. The van der Waals surface area contributed by atoms with Gasteiger partial charge in [-0.05, 0) is 53.3 Å². The van der Waals surface area contributed by atoms with Crippen LogP contribution in [0.5, 0.6) is 0 Å². The van der Waals surface area contributed by atoms with Crippen molar-refractivity contribution in [2.75, 3.05) is 14.1 Å². The molecule has 0 aromatic rings. The van der Waals surface area contributed by atoms with Gasteiger partial charge in [0.15, 0.2) is 5.78 Å². The molecule has 0 aromatic carbocycles. The van der Waals surface area contributed by atoms with Crippen molar-refractivity contribution in [3.63, 3.8) is 0 Å². The van der Waals surface area contributed by atoms with E-state index in [9.17, 15) is 4.79 Å². The van der Waals surface area contributed by atoms with E-state index >= 15 is 0 Å². The van der Waals surface area contributed by atoms with Crippen LogP contribution in [0.2, 0.25) is 0 Å². The highest BCUT2D eigenvalue weighted by Crippen LogP contribution is 2.35. The van der Waals surface area contributed by atoms with Gasteiger partial charge in [-0.25, -0.2) is 0 Å². The fourth-order valence-corrected chi connectivity index (χ4v) is 1.82. The number of hydrogen-bond acceptors (Lipinski definition) is 2. The third-order valence-electron chi connectivity index (χ3n) is 3.22. The van der Waals surface area contributed by atoms with Crippen molar-refractivity contribution < 1.29 is 4.79 Å².